The molecule has 35 heavy (non-hydrogen) atoms. The van der Waals surface area contributed by atoms with E-state index in [0.717, 1.165) is 11.1 Å². The zero-order valence-electron chi connectivity index (χ0n) is 19.3. The number of anilines is 1. The third-order valence-corrected chi connectivity index (χ3v) is 6.45. The van der Waals surface area contributed by atoms with Gasteiger partial charge in [-0.05, 0) is 61.4 Å². The Morgan fingerprint density at radius 2 is 1.83 bits per heavy atom. The van der Waals surface area contributed by atoms with Gasteiger partial charge in [-0.3, -0.25) is 14.5 Å². The molecule has 176 valence electrons. The molecule has 5 rings (SSSR count). The molecule has 1 unspecified atom stereocenters. The van der Waals surface area contributed by atoms with Gasteiger partial charge in [0.15, 0.2) is 11.5 Å². The first kappa shape index (κ1) is 22.7. The summed E-state index contributed by atoms with van der Waals surface area (Å²) in [6.07, 6.45) is 0. The number of amides is 1. The second-order valence-electron chi connectivity index (χ2n) is 8.49. The molecule has 0 spiro atoms. The first-order valence-corrected chi connectivity index (χ1v) is 11.4. The fourth-order valence-corrected chi connectivity index (χ4v) is 4.69. The van der Waals surface area contributed by atoms with E-state index in [4.69, 9.17) is 20.8 Å². The van der Waals surface area contributed by atoms with Crippen LogP contribution in [0, 0.1) is 13.8 Å². The number of para-hydroxylation sites is 1. The highest BCUT2D eigenvalue weighted by Crippen LogP contribution is 2.46. The van der Waals surface area contributed by atoms with Crippen molar-refractivity contribution in [3.63, 3.8) is 0 Å². The minimum Gasteiger partial charge on any atom is -0.503 e. The molecular formula is C28H22ClNO5. The predicted octanol–water partition coefficient (Wildman–Crippen LogP) is 6.49. The molecule has 1 aliphatic rings. The molecule has 1 amide bonds. The highest BCUT2D eigenvalue weighted by atomic mass is 35.5. The van der Waals surface area contributed by atoms with Crippen LogP contribution in [-0.4, -0.2) is 23.9 Å². The number of carbonyl (C=O) groups is 2. The number of ketones is 1. The van der Waals surface area contributed by atoms with E-state index in [-0.39, 0.29) is 11.3 Å². The normalized spacial score (nSPS) is 15.8. The molecule has 0 bridgehead atoms. The standard InChI is InChI=1S/C28H22ClNO5/c1-15-8-9-16(2)20(12-15)30-25(19-6-4-5-7-22(19)34-3)24(27(32)28(30)33)26(31)23-14-17-13-18(29)10-11-21(17)35-23/h4-14,25,32H,1-3H3. The molecule has 1 aromatic heterocycles. The number of nitrogens with zero attached hydrogens (tertiary/aromatic N) is 1. The maximum atomic E-state index is 13.8. The smallest absolute Gasteiger partial charge is 0.294 e. The summed E-state index contributed by atoms with van der Waals surface area (Å²) < 4.78 is 11.4. The van der Waals surface area contributed by atoms with Crippen molar-refractivity contribution >= 4 is 39.9 Å². The Morgan fingerprint density at radius 3 is 2.60 bits per heavy atom. The molecule has 1 atom stereocenters. The van der Waals surface area contributed by atoms with Gasteiger partial charge in [0, 0.05) is 21.7 Å². The molecule has 6 nitrogen and oxygen atoms in total. The van der Waals surface area contributed by atoms with Crippen molar-refractivity contribution in [2.75, 3.05) is 12.0 Å². The van der Waals surface area contributed by atoms with Gasteiger partial charge in [-0.2, -0.15) is 0 Å². The van der Waals surface area contributed by atoms with E-state index < -0.39 is 23.5 Å². The molecule has 0 saturated heterocycles. The number of ether oxygens (including phenoxy) is 1. The van der Waals surface area contributed by atoms with Crippen LogP contribution in [0.4, 0.5) is 5.69 Å². The average molecular weight is 488 g/mol. The highest BCUT2D eigenvalue weighted by Gasteiger charge is 2.46. The van der Waals surface area contributed by atoms with E-state index in [9.17, 15) is 14.7 Å². The number of carbonyl (C=O) groups excluding carboxylic acids is 2. The van der Waals surface area contributed by atoms with Crippen molar-refractivity contribution in [1.29, 1.82) is 0 Å². The number of aryl methyl sites for hydroxylation is 2. The number of furan rings is 1. The van der Waals surface area contributed by atoms with E-state index in [2.05, 4.69) is 0 Å². The van der Waals surface area contributed by atoms with E-state index in [1.807, 2.05) is 32.0 Å². The molecule has 1 aliphatic heterocycles. The van der Waals surface area contributed by atoms with Gasteiger partial charge in [-0.1, -0.05) is 41.9 Å². The van der Waals surface area contributed by atoms with Crippen LogP contribution in [0.5, 0.6) is 5.75 Å². The summed E-state index contributed by atoms with van der Waals surface area (Å²) in [6.45, 7) is 3.79. The van der Waals surface area contributed by atoms with E-state index in [1.165, 1.54) is 12.0 Å². The van der Waals surface area contributed by atoms with E-state index in [1.54, 1.807) is 48.5 Å². The van der Waals surface area contributed by atoms with Crippen molar-refractivity contribution in [2.24, 2.45) is 0 Å². The number of hydrogen-bond acceptors (Lipinski definition) is 5. The third-order valence-electron chi connectivity index (χ3n) is 6.21. The second-order valence-corrected chi connectivity index (χ2v) is 8.93. The monoisotopic (exact) mass is 487 g/mol. The minimum absolute atomic E-state index is 0.000621. The number of halogens is 1. The number of benzene rings is 3. The van der Waals surface area contributed by atoms with Crippen molar-refractivity contribution in [3.8, 4) is 5.75 Å². The topological polar surface area (TPSA) is 80.0 Å². The summed E-state index contributed by atoms with van der Waals surface area (Å²) in [5.41, 5.74) is 3.31. The van der Waals surface area contributed by atoms with Crippen LogP contribution in [0.1, 0.15) is 33.3 Å². The fourth-order valence-electron chi connectivity index (χ4n) is 4.51. The quantitative estimate of drug-likeness (QED) is 0.325. The first-order chi connectivity index (χ1) is 16.8. The maximum absolute atomic E-state index is 13.8. The number of aliphatic hydroxyl groups excluding tert-OH is 1. The van der Waals surface area contributed by atoms with Gasteiger partial charge in [0.25, 0.3) is 5.91 Å². The van der Waals surface area contributed by atoms with Gasteiger partial charge >= 0.3 is 0 Å². The molecule has 4 aromatic rings. The van der Waals surface area contributed by atoms with Gasteiger partial charge in [-0.25, -0.2) is 0 Å². The maximum Gasteiger partial charge on any atom is 0.294 e. The average Bonchev–Trinajstić information content (AvgIpc) is 3.38. The van der Waals surface area contributed by atoms with Crippen LogP contribution in [0.3, 0.4) is 0 Å². The van der Waals surface area contributed by atoms with Crippen LogP contribution in [0.15, 0.2) is 82.5 Å². The Kier molecular flexibility index (Phi) is 5.61. The van der Waals surface area contributed by atoms with Gasteiger partial charge in [0.1, 0.15) is 11.3 Å². The van der Waals surface area contributed by atoms with E-state index >= 15 is 0 Å². The van der Waals surface area contributed by atoms with Crippen molar-refractivity contribution < 1.29 is 23.8 Å². The number of Topliss-reactive ketones (excluding diaryl/α,β-unsaturated/α-hetero) is 1. The van der Waals surface area contributed by atoms with Crippen molar-refractivity contribution in [3.05, 3.63) is 106 Å². The summed E-state index contributed by atoms with van der Waals surface area (Å²) in [7, 11) is 1.52. The second kappa shape index (κ2) is 8.64. The number of aliphatic hydroxyl groups is 1. The van der Waals surface area contributed by atoms with E-state index in [0.29, 0.717) is 33.0 Å². The lowest BCUT2D eigenvalue weighted by atomic mass is 9.93. The Bertz CT molecular complexity index is 1530. The molecule has 3 aromatic carbocycles. The highest BCUT2D eigenvalue weighted by molar-refractivity contribution is 6.31. The van der Waals surface area contributed by atoms with Crippen LogP contribution in [-0.2, 0) is 4.79 Å². The van der Waals surface area contributed by atoms with Crippen molar-refractivity contribution in [1.82, 2.24) is 0 Å². The summed E-state index contributed by atoms with van der Waals surface area (Å²) in [6, 6.07) is 18.5. The minimum atomic E-state index is -0.927. The first-order valence-electron chi connectivity index (χ1n) is 11.0. The molecule has 7 heteroatoms. The van der Waals surface area contributed by atoms with Crippen LogP contribution < -0.4 is 9.64 Å². The predicted molar refractivity (Wildman–Crippen MR) is 134 cm³/mol. The Morgan fingerprint density at radius 1 is 1.06 bits per heavy atom. The molecule has 0 fully saturated rings. The largest absolute Gasteiger partial charge is 0.503 e. The fraction of sp³-hybridized carbons (Fsp3) is 0.143. The summed E-state index contributed by atoms with van der Waals surface area (Å²) in [5.74, 6) is -1.40. The number of rotatable bonds is 5. The SMILES string of the molecule is COc1ccccc1C1C(C(=O)c2cc3cc(Cl)ccc3o2)=C(O)C(=O)N1c1cc(C)ccc1C. The molecule has 0 radical (unpaired) electrons. The third kappa shape index (κ3) is 3.76. The van der Waals surface area contributed by atoms with Gasteiger partial charge in [0.2, 0.25) is 5.78 Å². The number of fused-ring (bicyclic) bond motifs is 1. The Labute approximate surface area is 207 Å². The molecule has 2 heterocycles. The Hall–Kier alpha value is -4.03. The lowest BCUT2D eigenvalue weighted by Gasteiger charge is -2.29. The van der Waals surface area contributed by atoms with Gasteiger partial charge in [-0.15, -0.1) is 0 Å². The molecule has 0 aliphatic carbocycles. The molecular weight excluding hydrogens is 466 g/mol. The van der Waals surface area contributed by atoms with Gasteiger partial charge < -0.3 is 14.3 Å². The number of methoxy groups -OCH3 is 1. The molecule has 1 N–H and O–H groups in total. The Balaban J connectivity index is 1.72. The lowest BCUT2D eigenvalue weighted by molar-refractivity contribution is -0.117. The van der Waals surface area contributed by atoms with Crippen LogP contribution in [0.25, 0.3) is 11.0 Å². The van der Waals surface area contributed by atoms with Crippen LogP contribution >= 0.6 is 11.6 Å². The summed E-state index contributed by atoms with van der Waals surface area (Å²) >= 11 is 6.09. The van der Waals surface area contributed by atoms with Gasteiger partial charge in [0.05, 0.1) is 18.7 Å². The summed E-state index contributed by atoms with van der Waals surface area (Å²) in [5, 5.41) is 12.2. The molecule has 0 saturated carbocycles. The zero-order chi connectivity index (χ0) is 24.9. The number of hydrogen-bond donors (Lipinski definition) is 1. The van der Waals surface area contributed by atoms with Crippen molar-refractivity contribution in [2.45, 2.75) is 19.9 Å². The van der Waals surface area contributed by atoms with Crippen LogP contribution in [0.2, 0.25) is 5.02 Å². The zero-order valence-corrected chi connectivity index (χ0v) is 20.1. The lowest BCUT2D eigenvalue weighted by Crippen LogP contribution is -2.32. The summed E-state index contributed by atoms with van der Waals surface area (Å²) in [4.78, 5) is 28.7.